The molecule has 194 valence electrons. The van der Waals surface area contributed by atoms with E-state index in [4.69, 9.17) is 5.73 Å². The van der Waals surface area contributed by atoms with E-state index in [1.165, 1.54) is 0 Å². The van der Waals surface area contributed by atoms with E-state index >= 15 is 0 Å². The van der Waals surface area contributed by atoms with Gasteiger partial charge >= 0.3 is 5.97 Å². The number of fused-ring (bicyclic) bond motifs is 1. The number of aliphatic hydroxyl groups excluding tert-OH is 1. The Morgan fingerprint density at radius 1 is 1.25 bits per heavy atom. The first kappa shape index (κ1) is 27.2. The molecule has 1 heterocycles. The van der Waals surface area contributed by atoms with Crippen molar-refractivity contribution in [1.29, 1.82) is 5.26 Å². The Morgan fingerprint density at radius 2 is 1.94 bits per heavy atom. The van der Waals surface area contributed by atoms with Gasteiger partial charge in [-0.3, -0.25) is 9.59 Å². The van der Waals surface area contributed by atoms with Crippen molar-refractivity contribution in [2.75, 3.05) is 0 Å². The molecule has 1 fully saturated rings. The van der Waals surface area contributed by atoms with Crippen molar-refractivity contribution in [3.05, 3.63) is 35.5 Å². The highest BCUT2D eigenvalue weighted by atomic mass is 16.4. The molecule has 36 heavy (non-hydrogen) atoms. The molecule has 9 nitrogen and oxygen atoms in total. The number of rotatable bonds is 10. The van der Waals surface area contributed by atoms with Crippen molar-refractivity contribution >= 4 is 28.7 Å². The van der Waals surface area contributed by atoms with Crippen LogP contribution in [0.5, 0.6) is 0 Å². The third-order valence-electron chi connectivity index (χ3n) is 7.23. The van der Waals surface area contributed by atoms with E-state index in [9.17, 15) is 29.9 Å². The molecule has 0 bridgehead atoms. The molecule has 2 aromatic rings. The van der Waals surface area contributed by atoms with Crippen LogP contribution in [0, 0.1) is 23.2 Å². The van der Waals surface area contributed by atoms with Gasteiger partial charge in [0.1, 0.15) is 11.7 Å². The maximum atomic E-state index is 13.6. The number of aliphatic hydroxyl groups is 1. The van der Waals surface area contributed by atoms with E-state index < -0.39 is 41.3 Å². The zero-order chi connectivity index (χ0) is 26.6. The second kappa shape index (κ2) is 11.1. The Kier molecular flexibility index (Phi) is 8.41. The summed E-state index contributed by atoms with van der Waals surface area (Å²) in [4.78, 5) is 39.7. The van der Waals surface area contributed by atoms with E-state index in [2.05, 4.69) is 11.4 Å². The van der Waals surface area contributed by atoms with Gasteiger partial charge in [0.05, 0.1) is 23.5 Å². The Bertz CT molecular complexity index is 1180. The summed E-state index contributed by atoms with van der Waals surface area (Å²) in [6.07, 6.45) is 1.97. The smallest absolute Gasteiger partial charge is 0.352 e. The number of aryl methyl sites for hydroxylation is 1. The summed E-state index contributed by atoms with van der Waals surface area (Å²) in [6.45, 7) is 5.75. The minimum absolute atomic E-state index is 0.0886. The fourth-order valence-electron chi connectivity index (χ4n) is 5.66. The Morgan fingerprint density at radius 3 is 2.53 bits per heavy atom. The number of nitrogens with two attached hydrogens (primary N) is 1. The summed E-state index contributed by atoms with van der Waals surface area (Å²) >= 11 is 0. The molecular weight excluding hydrogens is 460 g/mol. The van der Waals surface area contributed by atoms with Gasteiger partial charge in [0, 0.05) is 23.0 Å². The van der Waals surface area contributed by atoms with E-state index in [0.29, 0.717) is 43.0 Å². The quantitative estimate of drug-likeness (QED) is 0.396. The lowest BCUT2D eigenvalue weighted by atomic mass is 9.60. The fraction of sp³-hybridized carbons (Fsp3) is 0.556. The van der Waals surface area contributed by atoms with Crippen LogP contribution >= 0.6 is 0 Å². The maximum Gasteiger partial charge on any atom is 0.352 e. The third kappa shape index (κ3) is 5.09. The molecule has 1 aliphatic rings. The molecule has 0 saturated heterocycles. The zero-order valence-corrected chi connectivity index (χ0v) is 21.2. The number of para-hydroxylation sites is 1. The lowest BCUT2D eigenvalue weighted by Gasteiger charge is -2.41. The van der Waals surface area contributed by atoms with Gasteiger partial charge in [-0.15, -0.1) is 0 Å². The lowest BCUT2D eigenvalue weighted by Crippen LogP contribution is -2.56. The lowest BCUT2D eigenvalue weighted by molar-refractivity contribution is -0.137. The number of nitrogens with one attached hydrogen (secondary N) is 1. The molecule has 5 N–H and O–H groups in total. The van der Waals surface area contributed by atoms with E-state index in [-0.39, 0.29) is 30.1 Å². The highest BCUT2D eigenvalue weighted by Gasteiger charge is 2.54. The van der Waals surface area contributed by atoms with Crippen molar-refractivity contribution in [3.8, 4) is 6.07 Å². The number of carboxylic acids is 1. The van der Waals surface area contributed by atoms with Crippen LogP contribution in [-0.2, 0) is 21.5 Å². The normalized spacial score (nSPS) is 21.6. The summed E-state index contributed by atoms with van der Waals surface area (Å²) in [5.74, 6) is -3.18. The van der Waals surface area contributed by atoms with Crippen LogP contribution in [0.15, 0.2) is 24.3 Å². The molecular formula is C27H36N4O5. The summed E-state index contributed by atoms with van der Waals surface area (Å²) in [5.41, 5.74) is 5.28. The number of primary amides is 1. The fourth-order valence-corrected chi connectivity index (χ4v) is 5.66. The average Bonchev–Trinajstić information content (AvgIpc) is 3.16. The van der Waals surface area contributed by atoms with Gasteiger partial charge < -0.3 is 25.8 Å². The molecule has 1 aromatic heterocycles. The number of nitriles is 1. The molecule has 0 radical (unpaired) electrons. The van der Waals surface area contributed by atoms with E-state index in [1.54, 1.807) is 35.8 Å². The minimum Gasteiger partial charge on any atom is -0.477 e. The second-order valence-electron chi connectivity index (χ2n) is 10.3. The van der Waals surface area contributed by atoms with Gasteiger partial charge in [0.15, 0.2) is 0 Å². The standard InChI is InChI=1S/C27H36N4O5/c1-16(2)14-18(15-28)30-24(33)20-9-6-7-12-27(20,26(29)36)22-19-8-4-5-10-21(19)31(13-11-17(3)32)23(22)25(34)35/h4-5,8,10,16-18,20,32H,6-7,9,11-14H2,1-3H3,(H2,29,36)(H,30,33)(H,34,35)/t17?,18-,20-,27-/m0/s1. The van der Waals surface area contributed by atoms with Crippen LogP contribution in [0.4, 0.5) is 0 Å². The van der Waals surface area contributed by atoms with Crippen molar-refractivity contribution in [3.63, 3.8) is 0 Å². The Hall–Kier alpha value is -3.38. The summed E-state index contributed by atoms with van der Waals surface area (Å²) in [7, 11) is 0. The first-order chi connectivity index (χ1) is 17.0. The van der Waals surface area contributed by atoms with Gasteiger partial charge in [-0.25, -0.2) is 4.79 Å². The van der Waals surface area contributed by atoms with Crippen LogP contribution in [0.1, 0.15) is 75.3 Å². The summed E-state index contributed by atoms with van der Waals surface area (Å²) in [6, 6.07) is 8.46. The van der Waals surface area contributed by atoms with Crippen molar-refractivity contribution in [1.82, 2.24) is 9.88 Å². The van der Waals surface area contributed by atoms with Crippen LogP contribution < -0.4 is 11.1 Å². The molecule has 0 aliphatic heterocycles. The molecule has 1 aliphatic carbocycles. The predicted octanol–water partition coefficient (Wildman–Crippen LogP) is 3.08. The van der Waals surface area contributed by atoms with Gasteiger partial charge in [-0.2, -0.15) is 5.26 Å². The molecule has 4 atom stereocenters. The molecule has 3 rings (SSSR count). The highest BCUT2D eigenvalue weighted by Crippen LogP contribution is 2.48. The van der Waals surface area contributed by atoms with Crippen LogP contribution in [0.3, 0.4) is 0 Å². The van der Waals surface area contributed by atoms with Crippen molar-refractivity contribution in [2.45, 2.75) is 83.4 Å². The summed E-state index contributed by atoms with van der Waals surface area (Å²) in [5, 5.41) is 33.2. The number of carboxylic acid groups (broad SMARTS) is 1. The third-order valence-corrected chi connectivity index (χ3v) is 7.23. The Balaban J connectivity index is 2.25. The number of hydrogen-bond acceptors (Lipinski definition) is 5. The first-order valence-electron chi connectivity index (χ1n) is 12.6. The first-order valence-corrected chi connectivity index (χ1v) is 12.6. The molecule has 2 amide bonds. The monoisotopic (exact) mass is 496 g/mol. The van der Waals surface area contributed by atoms with E-state index in [0.717, 1.165) is 0 Å². The molecule has 1 unspecified atom stereocenters. The van der Waals surface area contributed by atoms with Crippen molar-refractivity contribution < 1.29 is 24.6 Å². The van der Waals surface area contributed by atoms with Gasteiger partial charge in [0.25, 0.3) is 0 Å². The number of nitrogens with zero attached hydrogens (tertiary/aromatic N) is 2. The number of aromatic nitrogens is 1. The number of carbonyl (C=O) groups excluding carboxylic acids is 2. The highest BCUT2D eigenvalue weighted by molar-refractivity contribution is 6.06. The van der Waals surface area contributed by atoms with Crippen LogP contribution in [0.2, 0.25) is 0 Å². The molecule has 1 aromatic carbocycles. The van der Waals surface area contributed by atoms with Gasteiger partial charge in [-0.05, 0) is 44.6 Å². The number of benzene rings is 1. The topological polar surface area (TPSA) is 158 Å². The van der Waals surface area contributed by atoms with Gasteiger partial charge in [-0.1, -0.05) is 44.9 Å². The summed E-state index contributed by atoms with van der Waals surface area (Å²) < 4.78 is 1.60. The van der Waals surface area contributed by atoms with Crippen LogP contribution in [-0.4, -0.2) is 44.7 Å². The second-order valence-corrected chi connectivity index (χ2v) is 10.3. The van der Waals surface area contributed by atoms with Gasteiger partial charge in [0.2, 0.25) is 11.8 Å². The Labute approximate surface area is 211 Å². The minimum atomic E-state index is -1.55. The molecule has 9 heteroatoms. The van der Waals surface area contributed by atoms with Crippen LogP contribution in [0.25, 0.3) is 10.9 Å². The maximum absolute atomic E-state index is 13.6. The number of amides is 2. The SMILES string of the molecule is CC(C)C[C@@H](C#N)NC(=O)[C@@H]1CCCC[C@@]1(C(N)=O)c1c(C(=O)O)n(CCC(C)O)c2ccccc12. The van der Waals surface area contributed by atoms with Crippen molar-refractivity contribution in [2.24, 2.45) is 17.6 Å². The average molecular weight is 497 g/mol. The molecule has 1 saturated carbocycles. The van der Waals surface area contributed by atoms with E-state index in [1.807, 2.05) is 13.8 Å². The zero-order valence-electron chi connectivity index (χ0n) is 21.2. The number of hydrogen-bond donors (Lipinski definition) is 4. The number of aromatic carboxylic acids is 1. The number of carbonyl (C=O) groups is 3. The largest absolute Gasteiger partial charge is 0.477 e. The predicted molar refractivity (Wildman–Crippen MR) is 135 cm³/mol. The molecule has 0 spiro atoms.